The average Bonchev–Trinajstić information content (AvgIpc) is 2.37. The number of hydrogen-bond donors (Lipinski definition) is 2. The zero-order valence-corrected chi connectivity index (χ0v) is 12.5. The van der Waals surface area contributed by atoms with Crippen LogP contribution in [0.3, 0.4) is 0 Å². The smallest absolute Gasteiger partial charge is 0.322 e. The van der Waals surface area contributed by atoms with Gasteiger partial charge in [0.05, 0.1) is 0 Å². The first-order valence-corrected chi connectivity index (χ1v) is 7.75. The van der Waals surface area contributed by atoms with Crippen molar-refractivity contribution in [1.29, 1.82) is 0 Å². The Labute approximate surface area is 121 Å². The van der Waals surface area contributed by atoms with Crippen LogP contribution < -0.4 is 4.72 Å². The number of carboxylic acid groups (broad SMARTS) is 1. The van der Waals surface area contributed by atoms with Crippen LogP contribution in [-0.4, -0.2) is 25.5 Å². The maximum absolute atomic E-state index is 13.6. The van der Waals surface area contributed by atoms with Crippen LogP contribution in [0.5, 0.6) is 0 Å². The van der Waals surface area contributed by atoms with Crippen molar-refractivity contribution in [2.45, 2.75) is 31.2 Å². The second-order valence-electron chi connectivity index (χ2n) is 4.40. The van der Waals surface area contributed by atoms with Gasteiger partial charge < -0.3 is 5.11 Å². The minimum absolute atomic E-state index is 0.0437. The van der Waals surface area contributed by atoms with Crippen molar-refractivity contribution in [3.63, 3.8) is 0 Å². The van der Waals surface area contributed by atoms with E-state index in [1.165, 1.54) is 6.07 Å². The summed E-state index contributed by atoms with van der Waals surface area (Å²) in [6.07, 6.45) is 0.456. The van der Waals surface area contributed by atoms with Crippen molar-refractivity contribution in [3.8, 4) is 0 Å². The summed E-state index contributed by atoms with van der Waals surface area (Å²) in [4.78, 5) is 10.4. The van der Waals surface area contributed by atoms with Crippen LogP contribution in [0.4, 0.5) is 4.39 Å². The lowest BCUT2D eigenvalue weighted by Crippen LogP contribution is -2.45. The van der Waals surface area contributed by atoms with E-state index in [-0.39, 0.29) is 5.02 Å². The molecule has 0 spiro atoms. The predicted molar refractivity (Wildman–Crippen MR) is 72.6 cm³/mol. The first-order valence-electron chi connectivity index (χ1n) is 5.89. The van der Waals surface area contributed by atoms with Gasteiger partial charge in [-0.25, -0.2) is 12.8 Å². The third-order valence-corrected chi connectivity index (χ3v) is 4.64. The summed E-state index contributed by atoms with van der Waals surface area (Å²) in [5.41, 5.74) is 0. The molecule has 0 radical (unpaired) electrons. The Morgan fingerprint density at radius 1 is 1.50 bits per heavy atom. The molecule has 0 saturated carbocycles. The molecule has 0 aliphatic carbocycles. The first-order chi connectivity index (χ1) is 9.19. The Hall–Kier alpha value is -1.18. The molecule has 8 heteroatoms. The van der Waals surface area contributed by atoms with Gasteiger partial charge in [-0.15, -0.1) is 0 Å². The topological polar surface area (TPSA) is 83.5 Å². The fourth-order valence-corrected chi connectivity index (χ4v) is 3.20. The highest BCUT2D eigenvalue weighted by molar-refractivity contribution is 7.89. The molecule has 0 unspecified atom stereocenters. The van der Waals surface area contributed by atoms with Gasteiger partial charge in [-0.05, 0) is 24.1 Å². The third-order valence-electron chi connectivity index (χ3n) is 2.94. The van der Waals surface area contributed by atoms with Crippen LogP contribution in [0.25, 0.3) is 0 Å². The average molecular weight is 324 g/mol. The number of halogens is 2. The van der Waals surface area contributed by atoms with Gasteiger partial charge in [0.2, 0.25) is 10.0 Å². The van der Waals surface area contributed by atoms with E-state index in [1.54, 1.807) is 13.8 Å². The zero-order chi connectivity index (χ0) is 15.5. The standard InChI is InChI=1S/C12H15ClFNO4S/c1-3-7(2)11(12(16)17)15-20(18,19)10-6-8(13)4-5-9(10)14/h4-7,11,15H,3H2,1-2H3,(H,16,17)/t7-,11-/m0/s1. The van der Waals surface area contributed by atoms with Crippen LogP contribution in [-0.2, 0) is 14.8 Å². The lowest BCUT2D eigenvalue weighted by molar-refractivity contribution is -0.140. The molecule has 112 valence electrons. The summed E-state index contributed by atoms with van der Waals surface area (Å²) in [6.45, 7) is 3.32. The first kappa shape index (κ1) is 16.9. The van der Waals surface area contributed by atoms with Crippen molar-refractivity contribution in [2.75, 3.05) is 0 Å². The Bertz CT molecular complexity index is 605. The highest BCUT2D eigenvalue weighted by Gasteiger charge is 2.30. The molecule has 1 aromatic carbocycles. The van der Waals surface area contributed by atoms with Crippen molar-refractivity contribution in [1.82, 2.24) is 4.72 Å². The predicted octanol–water partition coefficient (Wildman–Crippen LogP) is 2.26. The SMILES string of the molecule is CC[C@H](C)[C@H](NS(=O)(=O)c1cc(Cl)ccc1F)C(=O)O. The zero-order valence-electron chi connectivity index (χ0n) is 10.9. The van der Waals surface area contributed by atoms with E-state index in [1.807, 2.05) is 4.72 Å². The number of rotatable bonds is 6. The number of carboxylic acids is 1. The fourth-order valence-electron chi connectivity index (χ4n) is 1.56. The summed E-state index contributed by atoms with van der Waals surface area (Å²) < 4.78 is 39.7. The minimum Gasteiger partial charge on any atom is -0.480 e. The summed E-state index contributed by atoms with van der Waals surface area (Å²) in [5.74, 6) is -2.75. The number of carbonyl (C=O) groups is 1. The third kappa shape index (κ3) is 3.91. The van der Waals surface area contributed by atoms with E-state index in [0.29, 0.717) is 6.42 Å². The van der Waals surface area contributed by atoms with E-state index in [4.69, 9.17) is 16.7 Å². The van der Waals surface area contributed by atoms with Crippen molar-refractivity contribution in [2.24, 2.45) is 5.92 Å². The monoisotopic (exact) mass is 323 g/mol. The van der Waals surface area contributed by atoms with Crippen LogP contribution >= 0.6 is 11.6 Å². The van der Waals surface area contributed by atoms with E-state index >= 15 is 0 Å². The molecule has 2 atom stereocenters. The van der Waals surface area contributed by atoms with E-state index in [9.17, 15) is 17.6 Å². The van der Waals surface area contributed by atoms with Gasteiger partial charge in [-0.1, -0.05) is 31.9 Å². The number of sulfonamides is 1. The quantitative estimate of drug-likeness (QED) is 0.841. The molecular formula is C12H15ClFNO4S. The molecular weight excluding hydrogens is 309 g/mol. The van der Waals surface area contributed by atoms with Gasteiger partial charge in [0.15, 0.2) is 0 Å². The van der Waals surface area contributed by atoms with Gasteiger partial charge >= 0.3 is 5.97 Å². The normalized spacial score (nSPS) is 14.8. The summed E-state index contributed by atoms with van der Waals surface area (Å²) >= 11 is 5.64. The maximum Gasteiger partial charge on any atom is 0.322 e. The number of hydrogen-bond acceptors (Lipinski definition) is 3. The van der Waals surface area contributed by atoms with Crippen LogP contribution in [0.15, 0.2) is 23.1 Å². The molecule has 0 aliphatic rings. The van der Waals surface area contributed by atoms with Gasteiger partial charge in [-0.3, -0.25) is 4.79 Å². The van der Waals surface area contributed by atoms with Crippen LogP contribution in [0.1, 0.15) is 20.3 Å². The second kappa shape index (κ2) is 6.51. The summed E-state index contributed by atoms with van der Waals surface area (Å²) in [6, 6.07) is 1.73. The molecule has 0 bridgehead atoms. The lowest BCUT2D eigenvalue weighted by Gasteiger charge is -2.20. The van der Waals surface area contributed by atoms with Crippen LogP contribution in [0, 0.1) is 11.7 Å². The molecule has 0 fully saturated rings. The molecule has 1 rings (SSSR count). The van der Waals surface area contributed by atoms with Crippen molar-refractivity contribution < 1.29 is 22.7 Å². The molecule has 2 N–H and O–H groups in total. The molecule has 0 aliphatic heterocycles. The van der Waals surface area contributed by atoms with E-state index in [0.717, 1.165) is 12.1 Å². The lowest BCUT2D eigenvalue weighted by atomic mass is 10.0. The Morgan fingerprint density at radius 2 is 2.10 bits per heavy atom. The van der Waals surface area contributed by atoms with E-state index in [2.05, 4.69) is 0 Å². The van der Waals surface area contributed by atoms with Crippen molar-refractivity contribution >= 4 is 27.6 Å². The Morgan fingerprint density at radius 3 is 2.60 bits per heavy atom. The van der Waals surface area contributed by atoms with Crippen LogP contribution in [0.2, 0.25) is 5.02 Å². The minimum atomic E-state index is -4.30. The molecule has 1 aromatic rings. The van der Waals surface area contributed by atoms with Gasteiger partial charge in [-0.2, -0.15) is 4.72 Å². The summed E-state index contributed by atoms with van der Waals surface area (Å²) in [5, 5.41) is 9.11. The number of nitrogens with one attached hydrogen (secondary N) is 1. The second-order valence-corrected chi connectivity index (χ2v) is 6.52. The molecule has 20 heavy (non-hydrogen) atoms. The van der Waals surface area contributed by atoms with Gasteiger partial charge in [0.1, 0.15) is 16.8 Å². The van der Waals surface area contributed by atoms with Crippen molar-refractivity contribution in [3.05, 3.63) is 29.0 Å². The Balaban J connectivity index is 3.16. The molecule has 0 aromatic heterocycles. The van der Waals surface area contributed by atoms with Gasteiger partial charge in [0.25, 0.3) is 0 Å². The Kier molecular flexibility index (Phi) is 5.50. The maximum atomic E-state index is 13.6. The summed E-state index contributed by atoms with van der Waals surface area (Å²) in [7, 11) is -4.30. The highest BCUT2D eigenvalue weighted by atomic mass is 35.5. The van der Waals surface area contributed by atoms with E-state index < -0.39 is 38.7 Å². The number of benzene rings is 1. The van der Waals surface area contributed by atoms with Gasteiger partial charge in [0, 0.05) is 5.02 Å². The molecule has 0 saturated heterocycles. The molecule has 0 amide bonds. The fraction of sp³-hybridized carbons (Fsp3) is 0.417. The molecule has 0 heterocycles. The molecule has 5 nitrogen and oxygen atoms in total. The highest BCUT2D eigenvalue weighted by Crippen LogP contribution is 2.21. The number of aliphatic carboxylic acids is 1. The largest absolute Gasteiger partial charge is 0.480 e.